The number of benzene rings is 6. The number of hydrogen-bond acceptors (Lipinski definition) is 12. The van der Waals surface area contributed by atoms with Gasteiger partial charge in [-0.05, 0) is 170 Å². The van der Waals surface area contributed by atoms with Crippen LogP contribution in [0.4, 0.5) is 21.0 Å². The Hall–Kier alpha value is -4.70. The van der Waals surface area contributed by atoms with Crippen LogP contribution in [0.1, 0.15) is 76.6 Å². The molecule has 6 aromatic carbocycles. The van der Waals surface area contributed by atoms with Gasteiger partial charge in [0.25, 0.3) is 5.24 Å². The van der Waals surface area contributed by atoms with Crippen molar-refractivity contribution in [3.8, 4) is 0 Å². The summed E-state index contributed by atoms with van der Waals surface area (Å²) in [6.07, 6.45) is 0.712. The third-order valence-electron chi connectivity index (χ3n) is 9.91. The van der Waals surface area contributed by atoms with Gasteiger partial charge in [-0.2, -0.15) is 0 Å². The molecule has 0 spiro atoms. The molecule has 0 radical (unpaired) electrons. The van der Waals surface area contributed by atoms with Gasteiger partial charge in [0.15, 0.2) is 5.12 Å². The first kappa shape index (κ1) is 54.6. The summed E-state index contributed by atoms with van der Waals surface area (Å²) in [5, 5.41) is 5.44. The van der Waals surface area contributed by atoms with Gasteiger partial charge in [-0.1, -0.05) is 101 Å². The molecule has 6 rings (SSSR count). The summed E-state index contributed by atoms with van der Waals surface area (Å²) in [6.45, 7) is 17.4. The maximum Gasteiger partial charge on any atom is 0.411 e. The van der Waals surface area contributed by atoms with E-state index >= 15 is 0 Å². The quantitative estimate of drug-likeness (QED) is 0.0458. The molecular weight excluding hydrogens is 989 g/mol. The summed E-state index contributed by atoms with van der Waals surface area (Å²) in [5.41, 5.74) is 4.54. The van der Waals surface area contributed by atoms with Gasteiger partial charge in [0.1, 0.15) is 0 Å². The van der Waals surface area contributed by atoms with Crippen molar-refractivity contribution < 1.29 is 28.7 Å². The van der Waals surface area contributed by atoms with Crippen LogP contribution in [0.2, 0.25) is 0 Å². The zero-order chi connectivity index (χ0) is 50.3. The largest absolute Gasteiger partial charge is 0.465 e. The molecule has 14 heteroatoms. The number of rotatable bonds is 19. The lowest BCUT2D eigenvalue weighted by Crippen LogP contribution is -2.15. The number of hydrogen-bond donors (Lipinski definition) is 2. The number of carbonyl (C=O) groups excluding carboxylic acids is 4. The Balaban J connectivity index is 0.852. The fraction of sp³-hybridized carbons (Fsp3) is 0.286. The summed E-state index contributed by atoms with van der Waals surface area (Å²) < 4.78 is 11.2. The van der Waals surface area contributed by atoms with Crippen molar-refractivity contribution >= 4 is 104 Å². The lowest BCUT2D eigenvalue weighted by molar-refractivity contribution is -0.143. The van der Waals surface area contributed by atoms with E-state index in [4.69, 9.17) is 9.47 Å². The zero-order valence-electron chi connectivity index (χ0n) is 40.8. The maximum absolute atomic E-state index is 13.1. The monoisotopic (exact) mass is 1050 g/mol. The number of amides is 2. The third kappa shape index (κ3) is 19.5. The predicted molar refractivity (Wildman–Crippen MR) is 296 cm³/mol. The Kier molecular flexibility index (Phi) is 20.4. The summed E-state index contributed by atoms with van der Waals surface area (Å²) in [6, 6.07) is 44.1. The topological polar surface area (TPSA) is 111 Å². The van der Waals surface area contributed by atoms with E-state index in [-0.39, 0.29) is 51.9 Å². The van der Waals surface area contributed by atoms with Crippen molar-refractivity contribution in [1.82, 2.24) is 0 Å². The highest BCUT2D eigenvalue weighted by Crippen LogP contribution is 2.37. The van der Waals surface area contributed by atoms with E-state index in [1.165, 1.54) is 21.6 Å². The Morgan fingerprint density at radius 1 is 0.486 bits per heavy atom. The molecule has 0 fully saturated rings. The van der Waals surface area contributed by atoms with E-state index in [0.717, 1.165) is 63.4 Å². The second kappa shape index (κ2) is 26.1. The number of nitrogens with one attached hydrogen (secondary N) is 2. The van der Waals surface area contributed by atoms with Crippen molar-refractivity contribution in [1.29, 1.82) is 0 Å². The van der Waals surface area contributed by atoms with Gasteiger partial charge < -0.3 is 14.8 Å². The van der Waals surface area contributed by atoms with E-state index in [9.17, 15) is 19.2 Å². The molecule has 6 aromatic rings. The van der Waals surface area contributed by atoms with Gasteiger partial charge in [-0.25, -0.2) is 4.79 Å². The fourth-order valence-corrected chi connectivity index (χ4v) is 11.6. The first-order chi connectivity index (χ1) is 33.3. The van der Waals surface area contributed by atoms with Crippen LogP contribution in [0.5, 0.6) is 0 Å². The minimum Gasteiger partial charge on any atom is -0.465 e. The average molecular weight is 1050 g/mol. The van der Waals surface area contributed by atoms with E-state index in [1.54, 1.807) is 35.7 Å². The third-order valence-corrected chi connectivity index (χ3v) is 15.9. The van der Waals surface area contributed by atoms with Crippen LogP contribution in [-0.4, -0.2) is 45.1 Å². The smallest absolute Gasteiger partial charge is 0.411 e. The molecule has 366 valence electrons. The van der Waals surface area contributed by atoms with Gasteiger partial charge in [-0.3, -0.25) is 19.7 Å². The number of aryl methyl sites for hydroxylation is 2. The van der Waals surface area contributed by atoms with Crippen LogP contribution in [-0.2, 0) is 31.9 Å². The van der Waals surface area contributed by atoms with E-state index in [0.29, 0.717) is 24.2 Å². The lowest BCUT2D eigenvalue weighted by Gasteiger charge is -2.17. The number of unbranched alkanes of at least 4 members (excludes halogenated alkanes) is 1. The summed E-state index contributed by atoms with van der Waals surface area (Å²) >= 11 is 9.37. The molecule has 0 bridgehead atoms. The molecule has 0 aromatic heterocycles. The zero-order valence-corrected chi connectivity index (χ0v) is 45.7. The first-order valence-electron chi connectivity index (χ1n) is 22.9. The van der Waals surface area contributed by atoms with Crippen molar-refractivity contribution in [2.45, 2.75) is 130 Å². The van der Waals surface area contributed by atoms with Gasteiger partial charge in [-0.15, -0.1) is 23.5 Å². The van der Waals surface area contributed by atoms with E-state index < -0.39 is 6.09 Å². The van der Waals surface area contributed by atoms with Gasteiger partial charge in [0.05, 0.1) is 19.6 Å². The molecule has 0 heterocycles. The van der Waals surface area contributed by atoms with Crippen molar-refractivity contribution in [3.63, 3.8) is 0 Å². The molecule has 0 saturated carbocycles. The van der Waals surface area contributed by atoms with Crippen LogP contribution in [0, 0.1) is 13.8 Å². The Morgan fingerprint density at radius 2 is 0.943 bits per heavy atom. The predicted octanol–water partition coefficient (Wildman–Crippen LogP) is 16.7. The van der Waals surface area contributed by atoms with E-state index in [1.807, 2.05) is 110 Å². The molecule has 0 aliphatic carbocycles. The highest BCUT2D eigenvalue weighted by molar-refractivity contribution is 8.14. The molecule has 0 aliphatic heterocycles. The summed E-state index contributed by atoms with van der Waals surface area (Å²) in [7, 11) is 0. The van der Waals surface area contributed by atoms with Gasteiger partial charge in [0.2, 0.25) is 0 Å². The average Bonchev–Trinajstić information content (AvgIpc) is 3.29. The summed E-state index contributed by atoms with van der Waals surface area (Å²) in [5.74, 6) is -0.368. The Morgan fingerprint density at radius 3 is 1.46 bits per heavy atom. The van der Waals surface area contributed by atoms with Gasteiger partial charge in [0, 0.05) is 66.5 Å². The molecule has 0 atom stereocenters. The van der Waals surface area contributed by atoms with Crippen LogP contribution in [0.3, 0.4) is 0 Å². The standard InChI is InChI=1S/C56H60N2O6S6/c1-37-11-13-39(33-40(37)35-52(60)67-46-19-15-42(16-20-46)65-44-23-27-48(28-24-44)69-55(3,4)5)34-51(59)63-31-9-10-32-64-53(61)57-41-14-12-38(2)50(36-41)58-54(62)68-47-21-17-43(18-22-47)66-45-25-29-49(30-26-45)70-56(6,7)8/h11-30,33,36H,9-10,31-32,34-35H2,1-8H3,(H,57,61)(H,58,62). The maximum atomic E-state index is 13.1. The van der Waals surface area contributed by atoms with Crippen LogP contribution < -0.4 is 10.6 Å². The number of thioether (sulfide) groups is 4. The van der Waals surface area contributed by atoms with Gasteiger partial charge >= 0.3 is 12.1 Å². The molecule has 2 amide bonds. The van der Waals surface area contributed by atoms with Crippen molar-refractivity contribution in [3.05, 3.63) is 156 Å². The van der Waals surface area contributed by atoms with Crippen LogP contribution >= 0.6 is 70.6 Å². The van der Waals surface area contributed by atoms with Crippen LogP contribution in [0.15, 0.2) is 173 Å². The highest BCUT2D eigenvalue weighted by atomic mass is 32.2. The SMILES string of the molecule is Cc1ccc(CC(=O)OCCCCOC(=O)Nc2ccc(C)c(NC(=O)Sc3ccc(Sc4ccc(SC(C)(C)C)cc4)cc3)c2)cc1CC(=O)Sc1ccc(Sc2ccc(SC(C)(C)C)cc2)cc1. The fourth-order valence-electron chi connectivity index (χ4n) is 6.63. The minimum absolute atomic E-state index is 0.0229. The summed E-state index contributed by atoms with van der Waals surface area (Å²) in [4.78, 5) is 60.1. The lowest BCUT2D eigenvalue weighted by atomic mass is 10.0. The van der Waals surface area contributed by atoms with Crippen molar-refractivity contribution in [2.75, 3.05) is 23.8 Å². The first-order valence-corrected chi connectivity index (χ1v) is 27.8. The molecule has 0 aliphatic rings. The molecular formula is C56H60N2O6S6. The number of carbonyl (C=O) groups is 4. The molecule has 0 unspecified atom stereocenters. The Bertz CT molecular complexity index is 2530. The normalized spacial score (nSPS) is 11.5. The highest BCUT2D eigenvalue weighted by Gasteiger charge is 2.16. The molecule has 8 nitrogen and oxygen atoms in total. The number of ether oxygens (including phenoxy) is 2. The molecule has 2 N–H and O–H groups in total. The number of esters is 1. The minimum atomic E-state index is -0.627. The number of anilines is 2. The Labute approximate surface area is 439 Å². The van der Waals surface area contributed by atoms with Crippen LogP contribution in [0.25, 0.3) is 0 Å². The van der Waals surface area contributed by atoms with Crippen molar-refractivity contribution in [2.24, 2.45) is 0 Å². The van der Waals surface area contributed by atoms with E-state index in [2.05, 4.69) is 101 Å². The second-order valence-electron chi connectivity index (χ2n) is 18.3. The molecule has 0 saturated heterocycles. The molecule has 70 heavy (non-hydrogen) atoms. The second-order valence-corrected chi connectivity index (χ2v) is 26.6.